The lowest BCUT2D eigenvalue weighted by atomic mass is 10.0. The molecular weight excluding hydrogens is 646 g/mol. The average Bonchev–Trinajstić information content (AvgIpc) is 3.56. The Morgan fingerprint density at radius 2 is 0.833 bits per heavy atom. The summed E-state index contributed by atoms with van der Waals surface area (Å²) in [5.41, 5.74) is 7.87. The van der Waals surface area contributed by atoms with E-state index in [1.807, 2.05) is 6.20 Å². The number of fused-ring (bicyclic) bond motifs is 9. The maximum Gasteiger partial charge on any atom is 0.0794 e. The molecule has 0 spiro atoms. The van der Waals surface area contributed by atoms with E-state index in [4.69, 9.17) is 4.98 Å². The van der Waals surface area contributed by atoms with E-state index in [0.29, 0.717) is 0 Å². The van der Waals surface area contributed by atoms with Crippen LogP contribution in [0, 0.1) is 0 Å². The molecule has 0 aliphatic heterocycles. The molecule has 42 heavy (non-hydrogen) atoms. The van der Waals surface area contributed by atoms with Gasteiger partial charge in [-0.2, -0.15) is 0 Å². The van der Waals surface area contributed by atoms with Crippen molar-refractivity contribution in [3.63, 3.8) is 0 Å². The van der Waals surface area contributed by atoms with Gasteiger partial charge in [0.05, 0.1) is 39.5 Å². The van der Waals surface area contributed by atoms with Crippen molar-refractivity contribution in [2.24, 2.45) is 0 Å². The molecule has 0 unspecified atom stereocenters. The van der Waals surface area contributed by atoms with Crippen LogP contribution in [-0.2, 0) is 0 Å². The molecule has 0 saturated heterocycles. The highest BCUT2D eigenvalue weighted by Gasteiger charge is 2.18. The Kier molecular flexibility index (Phi) is 5.19. The van der Waals surface area contributed by atoms with E-state index in [1.54, 1.807) is 0 Å². The highest BCUT2D eigenvalue weighted by atomic mass is 79.9. The Balaban J connectivity index is 1.29. The normalized spacial score (nSPS) is 12.0. The molecule has 0 radical (unpaired) electrons. The second kappa shape index (κ2) is 9.02. The van der Waals surface area contributed by atoms with Crippen LogP contribution < -0.4 is 0 Å². The number of nitrogens with zero attached hydrogens (tertiary/aromatic N) is 3. The molecule has 9 rings (SSSR count). The Bertz CT molecular complexity index is 2270. The molecule has 0 bridgehead atoms. The molecule has 0 N–H and O–H groups in total. The second-order valence-electron chi connectivity index (χ2n) is 10.7. The summed E-state index contributed by atoms with van der Waals surface area (Å²) in [5.74, 6) is 0. The summed E-state index contributed by atoms with van der Waals surface area (Å²) in [6.45, 7) is 0. The molecular formula is C37H21Br2N3. The van der Waals surface area contributed by atoms with Crippen LogP contribution in [0.4, 0.5) is 0 Å². The Morgan fingerprint density at radius 3 is 1.36 bits per heavy atom. The minimum Gasteiger partial charge on any atom is -0.309 e. The first kappa shape index (κ1) is 24.2. The minimum atomic E-state index is 0.971. The molecule has 3 nitrogen and oxygen atoms in total. The van der Waals surface area contributed by atoms with Crippen molar-refractivity contribution in [3.05, 3.63) is 136 Å². The van der Waals surface area contributed by atoms with Crippen molar-refractivity contribution in [2.75, 3.05) is 0 Å². The van der Waals surface area contributed by atoms with Gasteiger partial charge in [-0.25, -0.2) is 0 Å². The van der Waals surface area contributed by atoms with E-state index >= 15 is 0 Å². The van der Waals surface area contributed by atoms with Crippen LogP contribution >= 0.6 is 31.9 Å². The molecule has 0 aliphatic carbocycles. The molecule has 0 amide bonds. The second-order valence-corrected chi connectivity index (χ2v) is 12.3. The largest absolute Gasteiger partial charge is 0.309 e. The molecule has 6 aromatic carbocycles. The van der Waals surface area contributed by atoms with Gasteiger partial charge < -0.3 is 9.13 Å². The summed E-state index contributed by atoms with van der Waals surface area (Å²) >= 11 is 7.91. The summed E-state index contributed by atoms with van der Waals surface area (Å²) in [6.07, 6.45) is 2.00. The summed E-state index contributed by atoms with van der Waals surface area (Å²) in [5, 5.41) is 8.29. The summed E-state index contributed by atoms with van der Waals surface area (Å²) in [6, 6.07) is 43.3. The summed E-state index contributed by atoms with van der Waals surface area (Å²) < 4.78 is 6.69. The fourth-order valence-electron chi connectivity index (χ4n) is 6.66. The third-order valence-corrected chi connectivity index (χ3v) is 10.7. The molecule has 3 aromatic heterocycles. The molecule has 0 saturated carbocycles. The van der Waals surface area contributed by atoms with Crippen molar-refractivity contribution >= 4 is 97.1 Å². The van der Waals surface area contributed by atoms with E-state index in [9.17, 15) is 0 Å². The van der Waals surface area contributed by atoms with E-state index in [1.165, 1.54) is 43.6 Å². The van der Waals surface area contributed by atoms with Crippen molar-refractivity contribution in [3.8, 4) is 11.4 Å². The number of rotatable bonds is 2. The van der Waals surface area contributed by atoms with Crippen LogP contribution in [0.5, 0.6) is 0 Å². The maximum atomic E-state index is 5.09. The lowest BCUT2D eigenvalue weighted by Crippen LogP contribution is -1.97. The number of halogens is 2. The van der Waals surface area contributed by atoms with Crippen LogP contribution in [-0.4, -0.2) is 14.1 Å². The Hall–Kier alpha value is -4.45. The van der Waals surface area contributed by atoms with Crippen LogP contribution in [0.3, 0.4) is 0 Å². The number of para-hydroxylation sites is 4. The first-order chi connectivity index (χ1) is 20.7. The lowest BCUT2D eigenvalue weighted by molar-refractivity contribution is 1.16. The van der Waals surface area contributed by atoms with Gasteiger partial charge in [-0.15, -0.1) is 0 Å². The zero-order valence-electron chi connectivity index (χ0n) is 22.2. The first-order valence-electron chi connectivity index (χ1n) is 13.9. The van der Waals surface area contributed by atoms with E-state index < -0.39 is 0 Å². The van der Waals surface area contributed by atoms with Crippen LogP contribution in [0.2, 0.25) is 0 Å². The smallest absolute Gasteiger partial charge is 0.0794 e. The van der Waals surface area contributed by atoms with Gasteiger partial charge in [0.15, 0.2) is 0 Å². The maximum absolute atomic E-state index is 5.09. The molecule has 0 fully saturated rings. The third-order valence-electron chi connectivity index (χ3n) is 8.47. The number of hydrogen-bond acceptors (Lipinski definition) is 1. The van der Waals surface area contributed by atoms with Crippen LogP contribution in [0.25, 0.3) is 76.7 Å². The number of benzene rings is 6. The van der Waals surface area contributed by atoms with Crippen molar-refractivity contribution < 1.29 is 0 Å². The van der Waals surface area contributed by atoms with E-state index in [-0.39, 0.29) is 0 Å². The van der Waals surface area contributed by atoms with Gasteiger partial charge in [-0.3, -0.25) is 4.98 Å². The third kappa shape index (κ3) is 3.29. The van der Waals surface area contributed by atoms with Gasteiger partial charge in [-0.05, 0) is 74.3 Å². The lowest BCUT2D eigenvalue weighted by Gasteiger charge is -2.15. The van der Waals surface area contributed by atoms with E-state index in [0.717, 1.165) is 42.0 Å². The fourth-order valence-corrected chi connectivity index (χ4v) is 7.71. The van der Waals surface area contributed by atoms with Crippen molar-refractivity contribution in [2.45, 2.75) is 0 Å². The standard InChI is InChI=1S/C37H21Br2N3/c38-35-29-19-22(41-31-13-5-1-9-24(31)25-10-2-6-14-32(25)41)17-18-28(29)37-30(36(35)39)20-23(21-40-37)42-33-15-7-3-11-26(33)27-12-4-8-16-34(27)42/h1-21H. The zero-order chi connectivity index (χ0) is 27.9. The number of aromatic nitrogens is 3. The van der Waals surface area contributed by atoms with Gasteiger partial charge >= 0.3 is 0 Å². The minimum absolute atomic E-state index is 0.971. The topological polar surface area (TPSA) is 22.8 Å². The summed E-state index contributed by atoms with van der Waals surface area (Å²) in [7, 11) is 0. The Morgan fingerprint density at radius 1 is 0.405 bits per heavy atom. The quantitative estimate of drug-likeness (QED) is 0.168. The highest BCUT2D eigenvalue weighted by molar-refractivity contribution is 9.13. The average molecular weight is 667 g/mol. The van der Waals surface area contributed by atoms with Gasteiger partial charge in [0, 0.05) is 52.3 Å². The predicted molar refractivity (Wildman–Crippen MR) is 183 cm³/mol. The monoisotopic (exact) mass is 665 g/mol. The zero-order valence-corrected chi connectivity index (χ0v) is 25.4. The molecule has 5 heteroatoms. The molecule has 9 aromatic rings. The molecule has 3 heterocycles. The number of pyridine rings is 1. The summed E-state index contributed by atoms with van der Waals surface area (Å²) in [4.78, 5) is 5.09. The van der Waals surface area contributed by atoms with Gasteiger partial charge in [0.2, 0.25) is 0 Å². The predicted octanol–water partition coefficient (Wildman–Crippen LogP) is 11.1. The Labute approximate surface area is 257 Å². The SMILES string of the molecule is Brc1c(Br)c2cc(-n3c4ccccc4c4ccccc43)cnc2c2ccc(-n3c4ccccc4c4ccccc43)cc12. The van der Waals surface area contributed by atoms with Crippen molar-refractivity contribution in [1.82, 2.24) is 14.1 Å². The fraction of sp³-hybridized carbons (Fsp3) is 0. The molecule has 0 aliphatic rings. The first-order valence-corrected chi connectivity index (χ1v) is 15.5. The van der Waals surface area contributed by atoms with Crippen LogP contribution in [0.15, 0.2) is 136 Å². The molecule has 0 atom stereocenters. The van der Waals surface area contributed by atoms with Crippen molar-refractivity contribution in [1.29, 1.82) is 0 Å². The van der Waals surface area contributed by atoms with Gasteiger partial charge in [0.25, 0.3) is 0 Å². The van der Waals surface area contributed by atoms with E-state index in [2.05, 4.69) is 162 Å². The highest BCUT2D eigenvalue weighted by Crippen LogP contribution is 2.42. The van der Waals surface area contributed by atoms with Crippen LogP contribution in [0.1, 0.15) is 0 Å². The van der Waals surface area contributed by atoms with Gasteiger partial charge in [-0.1, -0.05) is 78.9 Å². The number of hydrogen-bond donors (Lipinski definition) is 0. The molecule has 198 valence electrons. The van der Waals surface area contributed by atoms with Gasteiger partial charge in [0.1, 0.15) is 0 Å².